The number of aryl methyl sites for hydroxylation is 2. The van der Waals surface area contributed by atoms with Crippen molar-refractivity contribution in [3.05, 3.63) is 28.8 Å². The third-order valence-corrected chi connectivity index (χ3v) is 4.05. The second kappa shape index (κ2) is 6.40. The summed E-state index contributed by atoms with van der Waals surface area (Å²) in [5.41, 5.74) is 3.29. The van der Waals surface area contributed by atoms with Crippen molar-refractivity contribution in [3.8, 4) is 5.75 Å². The number of phenols is 1. The number of piperidine rings is 1. The quantitative estimate of drug-likeness (QED) is 0.875. The molecule has 1 fully saturated rings. The molecule has 1 aromatic carbocycles. The number of phenolic OH excluding ortho intramolecular Hbond substituents is 1. The van der Waals surface area contributed by atoms with E-state index < -0.39 is 0 Å². The summed E-state index contributed by atoms with van der Waals surface area (Å²) in [6.45, 7) is 8.45. The van der Waals surface area contributed by atoms with Gasteiger partial charge in [-0.2, -0.15) is 0 Å². The largest absolute Gasteiger partial charge is 0.507 e. The van der Waals surface area contributed by atoms with Crippen molar-refractivity contribution in [1.82, 2.24) is 10.2 Å². The van der Waals surface area contributed by atoms with Crippen LogP contribution in [0.4, 0.5) is 0 Å². The summed E-state index contributed by atoms with van der Waals surface area (Å²) in [4.78, 5) is 2.54. The molecule has 0 radical (unpaired) electrons. The Morgan fingerprint density at radius 2 is 2.00 bits per heavy atom. The number of rotatable bonds is 4. The average molecular weight is 262 g/mol. The fourth-order valence-corrected chi connectivity index (χ4v) is 3.15. The molecule has 1 heterocycles. The molecule has 0 aliphatic carbocycles. The van der Waals surface area contributed by atoms with Crippen LogP contribution in [0.5, 0.6) is 5.75 Å². The van der Waals surface area contributed by atoms with Crippen LogP contribution < -0.4 is 5.32 Å². The van der Waals surface area contributed by atoms with Gasteiger partial charge >= 0.3 is 0 Å². The number of likely N-dealkylation sites (tertiary alicyclic amines) is 1. The van der Waals surface area contributed by atoms with Gasteiger partial charge in [0.1, 0.15) is 5.75 Å². The number of hydrogen-bond donors (Lipinski definition) is 2. The number of hydrogen-bond acceptors (Lipinski definition) is 3. The molecule has 1 aliphatic rings. The van der Waals surface area contributed by atoms with Gasteiger partial charge < -0.3 is 10.4 Å². The van der Waals surface area contributed by atoms with Gasteiger partial charge in [0, 0.05) is 13.1 Å². The van der Waals surface area contributed by atoms with Crippen LogP contribution in [0.25, 0.3) is 0 Å². The summed E-state index contributed by atoms with van der Waals surface area (Å²) in [7, 11) is 2.03. The van der Waals surface area contributed by atoms with Crippen molar-refractivity contribution in [2.24, 2.45) is 5.92 Å². The van der Waals surface area contributed by atoms with Crippen LogP contribution in [0.15, 0.2) is 12.1 Å². The van der Waals surface area contributed by atoms with Gasteiger partial charge in [-0.15, -0.1) is 0 Å². The highest BCUT2D eigenvalue weighted by Crippen LogP contribution is 2.25. The van der Waals surface area contributed by atoms with Crippen molar-refractivity contribution in [2.75, 3.05) is 26.7 Å². The minimum absolute atomic E-state index is 0.440. The van der Waals surface area contributed by atoms with Crippen molar-refractivity contribution >= 4 is 0 Å². The lowest BCUT2D eigenvalue weighted by Gasteiger charge is -2.32. The van der Waals surface area contributed by atoms with E-state index in [1.807, 2.05) is 20.9 Å². The van der Waals surface area contributed by atoms with Gasteiger partial charge in [0.2, 0.25) is 0 Å². The monoisotopic (exact) mass is 262 g/mol. The number of nitrogens with zero attached hydrogens (tertiary/aromatic N) is 1. The van der Waals surface area contributed by atoms with E-state index in [1.165, 1.54) is 31.5 Å². The fourth-order valence-electron chi connectivity index (χ4n) is 3.15. The molecule has 1 atom stereocenters. The van der Waals surface area contributed by atoms with Crippen molar-refractivity contribution in [1.29, 1.82) is 0 Å². The average Bonchev–Trinajstić information content (AvgIpc) is 2.37. The maximum Gasteiger partial charge on any atom is 0.121 e. The highest BCUT2D eigenvalue weighted by atomic mass is 16.3. The second-order valence-corrected chi connectivity index (χ2v) is 5.88. The van der Waals surface area contributed by atoms with Crippen molar-refractivity contribution in [2.45, 2.75) is 33.2 Å². The van der Waals surface area contributed by atoms with E-state index in [4.69, 9.17) is 0 Å². The highest BCUT2D eigenvalue weighted by Gasteiger charge is 2.19. The van der Waals surface area contributed by atoms with E-state index in [9.17, 15) is 5.11 Å². The van der Waals surface area contributed by atoms with Gasteiger partial charge in [-0.05, 0) is 69.4 Å². The SMILES string of the molecule is CNCC1CCCN(Cc2cc(C)c(O)c(C)c2)C1. The minimum atomic E-state index is 0.440. The van der Waals surface area contributed by atoms with Crippen LogP contribution in [-0.4, -0.2) is 36.7 Å². The lowest BCUT2D eigenvalue weighted by Crippen LogP contribution is -2.38. The summed E-state index contributed by atoms with van der Waals surface area (Å²) < 4.78 is 0. The molecular weight excluding hydrogens is 236 g/mol. The van der Waals surface area contributed by atoms with E-state index in [2.05, 4.69) is 22.3 Å². The summed E-state index contributed by atoms with van der Waals surface area (Å²) in [5.74, 6) is 1.22. The van der Waals surface area contributed by atoms with E-state index in [-0.39, 0.29) is 0 Å². The number of aromatic hydroxyl groups is 1. The van der Waals surface area contributed by atoms with Crippen LogP contribution >= 0.6 is 0 Å². The summed E-state index contributed by atoms with van der Waals surface area (Å²) in [6, 6.07) is 4.23. The molecule has 1 unspecified atom stereocenters. The molecule has 3 nitrogen and oxygen atoms in total. The third kappa shape index (κ3) is 3.71. The van der Waals surface area contributed by atoms with E-state index >= 15 is 0 Å². The van der Waals surface area contributed by atoms with Gasteiger partial charge in [-0.25, -0.2) is 0 Å². The molecule has 0 bridgehead atoms. The Morgan fingerprint density at radius 3 is 2.63 bits per heavy atom. The van der Waals surface area contributed by atoms with Crippen LogP contribution in [0, 0.1) is 19.8 Å². The summed E-state index contributed by atoms with van der Waals surface area (Å²) in [6.07, 6.45) is 2.63. The van der Waals surface area contributed by atoms with Crippen molar-refractivity contribution < 1.29 is 5.11 Å². The van der Waals surface area contributed by atoms with E-state index in [0.717, 1.165) is 30.1 Å². The van der Waals surface area contributed by atoms with Gasteiger partial charge in [0.05, 0.1) is 0 Å². The predicted molar refractivity (Wildman–Crippen MR) is 79.5 cm³/mol. The Kier molecular flexibility index (Phi) is 4.83. The lowest BCUT2D eigenvalue weighted by atomic mass is 9.97. The highest BCUT2D eigenvalue weighted by molar-refractivity contribution is 5.42. The molecule has 3 heteroatoms. The summed E-state index contributed by atoms with van der Waals surface area (Å²) >= 11 is 0. The molecule has 0 saturated carbocycles. The standard InChI is InChI=1S/C16H26N2O/c1-12-7-15(8-13(2)16(12)19)11-18-6-4-5-14(10-18)9-17-3/h7-8,14,17,19H,4-6,9-11H2,1-3H3. The first kappa shape index (κ1) is 14.4. The Labute approximate surface area is 116 Å². The van der Waals surface area contributed by atoms with Gasteiger partial charge in [-0.1, -0.05) is 12.1 Å². The Bertz CT molecular complexity index is 406. The molecule has 1 aromatic rings. The van der Waals surface area contributed by atoms with Crippen LogP contribution in [0.1, 0.15) is 29.5 Å². The minimum Gasteiger partial charge on any atom is -0.507 e. The first-order valence-electron chi connectivity index (χ1n) is 7.26. The topological polar surface area (TPSA) is 35.5 Å². The van der Waals surface area contributed by atoms with Gasteiger partial charge in [0.15, 0.2) is 0 Å². The first-order valence-corrected chi connectivity index (χ1v) is 7.26. The number of benzene rings is 1. The molecule has 1 aliphatic heterocycles. The van der Waals surface area contributed by atoms with Crippen LogP contribution in [-0.2, 0) is 6.54 Å². The summed E-state index contributed by atoms with van der Waals surface area (Å²) in [5, 5.41) is 13.1. The van der Waals surface area contributed by atoms with Crippen LogP contribution in [0.2, 0.25) is 0 Å². The molecule has 1 saturated heterocycles. The molecule has 2 rings (SSSR count). The lowest BCUT2D eigenvalue weighted by molar-refractivity contribution is 0.167. The maximum absolute atomic E-state index is 9.83. The molecule has 106 valence electrons. The Balaban J connectivity index is 2.00. The Morgan fingerprint density at radius 1 is 1.32 bits per heavy atom. The van der Waals surface area contributed by atoms with E-state index in [1.54, 1.807) is 0 Å². The maximum atomic E-state index is 9.83. The second-order valence-electron chi connectivity index (χ2n) is 5.88. The zero-order valence-corrected chi connectivity index (χ0v) is 12.4. The smallest absolute Gasteiger partial charge is 0.121 e. The third-order valence-electron chi connectivity index (χ3n) is 4.05. The fraction of sp³-hybridized carbons (Fsp3) is 0.625. The Hall–Kier alpha value is -1.06. The molecule has 19 heavy (non-hydrogen) atoms. The molecule has 0 amide bonds. The molecular formula is C16H26N2O. The molecule has 0 aromatic heterocycles. The molecule has 0 spiro atoms. The van der Waals surface area contributed by atoms with Gasteiger partial charge in [0.25, 0.3) is 0 Å². The zero-order valence-electron chi connectivity index (χ0n) is 12.4. The van der Waals surface area contributed by atoms with E-state index in [0.29, 0.717) is 5.75 Å². The number of nitrogens with one attached hydrogen (secondary N) is 1. The predicted octanol–water partition coefficient (Wildman–Crippen LogP) is 2.44. The normalized spacial score (nSPS) is 20.7. The van der Waals surface area contributed by atoms with Crippen molar-refractivity contribution in [3.63, 3.8) is 0 Å². The molecule has 2 N–H and O–H groups in total. The zero-order chi connectivity index (χ0) is 13.8. The first-order chi connectivity index (χ1) is 9.10. The van der Waals surface area contributed by atoms with Crippen LogP contribution in [0.3, 0.4) is 0 Å². The van der Waals surface area contributed by atoms with Gasteiger partial charge in [-0.3, -0.25) is 4.90 Å².